The van der Waals surface area contributed by atoms with Crippen molar-refractivity contribution in [1.82, 2.24) is 19.7 Å². The molecule has 35 heavy (non-hydrogen) atoms. The molecular formula is C24H26N6O4S. The van der Waals surface area contributed by atoms with E-state index in [1.807, 2.05) is 47.6 Å². The van der Waals surface area contributed by atoms with Gasteiger partial charge in [-0.15, -0.1) is 10.2 Å². The molecule has 2 heterocycles. The Morgan fingerprint density at radius 1 is 1.20 bits per heavy atom. The number of hydrogen-bond donors (Lipinski definition) is 1. The maximum Gasteiger partial charge on any atom is 0.269 e. The predicted octanol–water partition coefficient (Wildman–Crippen LogP) is 4.22. The quantitative estimate of drug-likeness (QED) is 0.282. The first kappa shape index (κ1) is 24.4. The van der Waals surface area contributed by atoms with E-state index >= 15 is 0 Å². The van der Waals surface area contributed by atoms with Gasteiger partial charge in [-0.3, -0.25) is 19.7 Å². The highest BCUT2D eigenvalue weighted by Crippen LogP contribution is 2.34. The molecule has 10 nitrogen and oxygen atoms in total. The van der Waals surface area contributed by atoms with Crippen LogP contribution in [0.15, 0.2) is 53.7 Å². The molecule has 0 aliphatic carbocycles. The van der Waals surface area contributed by atoms with E-state index in [2.05, 4.69) is 15.5 Å². The molecule has 1 aliphatic heterocycles. The van der Waals surface area contributed by atoms with Crippen LogP contribution < -0.4 is 5.32 Å². The monoisotopic (exact) mass is 494 g/mol. The molecule has 1 fully saturated rings. The summed E-state index contributed by atoms with van der Waals surface area (Å²) in [6.45, 7) is 5.22. The van der Waals surface area contributed by atoms with E-state index in [0.29, 0.717) is 29.5 Å². The van der Waals surface area contributed by atoms with Gasteiger partial charge >= 0.3 is 0 Å². The molecule has 0 bridgehead atoms. The lowest BCUT2D eigenvalue weighted by Crippen LogP contribution is -2.32. The van der Waals surface area contributed by atoms with Crippen LogP contribution in [0.2, 0.25) is 0 Å². The molecule has 1 unspecified atom stereocenters. The number of amides is 2. The summed E-state index contributed by atoms with van der Waals surface area (Å²) in [6, 6.07) is 13.1. The lowest BCUT2D eigenvalue weighted by molar-refractivity contribution is -0.384. The van der Waals surface area contributed by atoms with Gasteiger partial charge in [0.25, 0.3) is 11.6 Å². The van der Waals surface area contributed by atoms with E-state index in [4.69, 9.17) is 0 Å². The van der Waals surface area contributed by atoms with Gasteiger partial charge in [-0.2, -0.15) is 0 Å². The fourth-order valence-corrected chi connectivity index (χ4v) is 4.98. The zero-order chi connectivity index (χ0) is 24.9. The maximum absolute atomic E-state index is 13.2. The van der Waals surface area contributed by atoms with Crippen molar-refractivity contribution in [2.24, 2.45) is 0 Å². The van der Waals surface area contributed by atoms with Crippen LogP contribution in [0, 0.1) is 17.0 Å². The molecule has 1 N–H and O–H groups in total. The minimum absolute atomic E-state index is 0.0152. The number of nitro groups is 1. The summed E-state index contributed by atoms with van der Waals surface area (Å²) in [5.74, 6) is 0.558. The molecule has 11 heteroatoms. The fraction of sp³-hybridized carbons (Fsp3) is 0.333. The maximum atomic E-state index is 13.2. The van der Waals surface area contributed by atoms with Gasteiger partial charge in [0.05, 0.1) is 16.7 Å². The van der Waals surface area contributed by atoms with Crippen molar-refractivity contribution < 1.29 is 14.5 Å². The van der Waals surface area contributed by atoms with Gasteiger partial charge < -0.3 is 14.8 Å². The van der Waals surface area contributed by atoms with Gasteiger partial charge in [0.1, 0.15) is 0 Å². The van der Waals surface area contributed by atoms with Crippen LogP contribution in [0.3, 0.4) is 0 Å². The SMILES string of the molecule is CCn1c(SCC(=O)Nc2ccc([N+](=O)[O-])cc2)nnc1C1CCCN1C(=O)c1cccc(C)c1. The number of likely N-dealkylation sites (tertiary alicyclic amines) is 1. The van der Waals surface area contributed by atoms with Crippen molar-refractivity contribution in [3.8, 4) is 0 Å². The van der Waals surface area contributed by atoms with Gasteiger partial charge in [-0.1, -0.05) is 29.5 Å². The van der Waals surface area contributed by atoms with Crippen molar-refractivity contribution in [3.63, 3.8) is 0 Å². The minimum Gasteiger partial charge on any atom is -0.328 e. The molecule has 2 amide bonds. The molecule has 0 saturated carbocycles. The number of rotatable bonds is 8. The number of carbonyl (C=O) groups is 2. The van der Waals surface area contributed by atoms with Gasteiger partial charge in [-0.05, 0) is 51.0 Å². The number of nitrogens with one attached hydrogen (secondary N) is 1. The average Bonchev–Trinajstić information content (AvgIpc) is 3.49. The molecule has 1 atom stereocenters. The molecular weight excluding hydrogens is 468 g/mol. The lowest BCUT2D eigenvalue weighted by atomic mass is 10.1. The number of thioether (sulfide) groups is 1. The number of anilines is 1. The van der Waals surface area contributed by atoms with E-state index in [9.17, 15) is 19.7 Å². The summed E-state index contributed by atoms with van der Waals surface area (Å²) >= 11 is 1.26. The lowest BCUT2D eigenvalue weighted by Gasteiger charge is -2.24. The highest BCUT2D eigenvalue weighted by Gasteiger charge is 2.34. The van der Waals surface area contributed by atoms with Gasteiger partial charge in [-0.25, -0.2) is 0 Å². The van der Waals surface area contributed by atoms with Crippen LogP contribution in [-0.4, -0.2) is 48.7 Å². The van der Waals surface area contributed by atoms with Crippen LogP contribution in [0.25, 0.3) is 0 Å². The van der Waals surface area contributed by atoms with E-state index in [1.54, 1.807) is 0 Å². The Morgan fingerprint density at radius 3 is 2.66 bits per heavy atom. The number of nitrogens with zero attached hydrogens (tertiary/aromatic N) is 5. The molecule has 1 aromatic heterocycles. The van der Waals surface area contributed by atoms with Crippen molar-refractivity contribution >= 4 is 35.0 Å². The summed E-state index contributed by atoms with van der Waals surface area (Å²) in [7, 11) is 0. The van der Waals surface area contributed by atoms with E-state index in [-0.39, 0.29) is 29.3 Å². The summed E-state index contributed by atoms with van der Waals surface area (Å²) in [5, 5.41) is 22.8. The second-order valence-electron chi connectivity index (χ2n) is 8.25. The summed E-state index contributed by atoms with van der Waals surface area (Å²) < 4.78 is 1.95. The van der Waals surface area contributed by atoms with Crippen LogP contribution in [0.5, 0.6) is 0 Å². The van der Waals surface area contributed by atoms with Crippen molar-refractivity contribution in [1.29, 1.82) is 0 Å². The van der Waals surface area contributed by atoms with Crippen LogP contribution in [0.1, 0.15) is 47.6 Å². The molecule has 182 valence electrons. The molecule has 2 aromatic carbocycles. The Labute approximate surface area is 206 Å². The van der Waals surface area contributed by atoms with Gasteiger partial charge in [0.15, 0.2) is 11.0 Å². The highest BCUT2D eigenvalue weighted by atomic mass is 32.2. The van der Waals surface area contributed by atoms with Crippen molar-refractivity contribution in [2.45, 2.75) is 44.4 Å². The highest BCUT2D eigenvalue weighted by molar-refractivity contribution is 7.99. The average molecular weight is 495 g/mol. The number of benzene rings is 2. The fourth-order valence-electron chi connectivity index (χ4n) is 4.17. The van der Waals surface area contributed by atoms with E-state index < -0.39 is 4.92 Å². The molecule has 0 radical (unpaired) electrons. The Balaban J connectivity index is 1.43. The summed E-state index contributed by atoms with van der Waals surface area (Å²) in [5.41, 5.74) is 2.14. The van der Waals surface area contributed by atoms with Crippen LogP contribution >= 0.6 is 11.8 Å². The summed E-state index contributed by atoms with van der Waals surface area (Å²) in [6.07, 6.45) is 1.69. The Bertz CT molecular complexity index is 1240. The number of nitro benzene ring substituents is 1. The third-order valence-electron chi connectivity index (χ3n) is 5.83. The van der Waals surface area contributed by atoms with Crippen LogP contribution in [-0.2, 0) is 11.3 Å². The van der Waals surface area contributed by atoms with Crippen LogP contribution in [0.4, 0.5) is 11.4 Å². The standard InChI is InChI=1S/C24H26N6O4S/c1-3-28-22(20-8-5-13-29(20)23(32)17-7-4-6-16(2)14-17)26-27-24(28)35-15-21(31)25-18-9-11-19(12-10-18)30(33)34/h4,6-7,9-12,14,20H,3,5,8,13,15H2,1-2H3,(H,25,31). The number of non-ortho nitro benzene ring substituents is 1. The van der Waals surface area contributed by atoms with E-state index in [1.165, 1.54) is 36.0 Å². The van der Waals surface area contributed by atoms with Crippen molar-refractivity contribution in [2.75, 3.05) is 17.6 Å². The second-order valence-corrected chi connectivity index (χ2v) is 9.19. The zero-order valence-corrected chi connectivity index (χ0v) is 20.3. The first-order chi connectivity index (χ1) is 16.9. The molecule has 3 aromatic rings. The second kappa shape index (κ2) is 10.7. The number of aromatic nitrogens is 3. The number of carbonyl (C=O) groups excluding carboxylic acids is 2. The predicted molar refractivity (Wildman–Crippen MR) is 132 cm³/mol. The molecule has 4 rings (SSSR count). The molecule has 1 saturated heterocycles. The Morgan fingerprint density at radius 2 is 1.97 bits per heavy atom. The third kappa shape index (κ3) is 5.51. The minimum atomic E-state index is -0.490. The topological polar surface area (TPSA) is 123 Å². The normalized spacial score (nSPS) is 15.3. The number of hydrogen-bond acceptors (Lipinski definition) is 7. The summed E-state index contributed by atoms with van der Waals surface area (Å²) in [4.78, 5) is 37.8. The molecule has 0 spiro atoms. The van der Waals surface area contributed by atoms with E-state index in [0.717, 1.165) is 24.2 Å². The van der Waals surface area contributed by atoms with Gasteiger partial charge in [0, 0.05) is 36.5 Å². The Hall–Kier alpha value is -3.73. The zero-order valence-electron chi connectivity index (χ0n) is 19.5. The first-order valence-electron chi connectivity index (χ1n) is 11.3. The third-order valence-corrected chi connectivity index (χ3v) is 6.80. The van der Waals surface area contributed by atoms with Gasteiger partial charge in [0.2, 0.25) is 5.91 Å². The Kier molecular flexibility index (Phi) is 7.45. The first-order valence-corrected chi connectivity index (χ1v) is 12.3. The molecule has 1 aliphatic rings. The largest absolute Gasteiger partial charge is 0.328 e. The number of aryl methyl sites for hydroxylation is 1. The smallest absolute Gasteiger partial charge is 0.269 e. The van der Waals surface area contributed by atoms with Crippen molar-refractivity contribution in [3.05, 3.63) is 75.6 Å².